The van der Waals surface area contributed by atoms with Crippen LogP contribution in [-0.4, -0.2) is 34.0 Å². The summed E-state index contributed by atoms with van der Waals surface area (Å²) in [5, 5.41) is 9.02. The van der Waals surface area contributed by atoms with E-state index in [9.17, 15) is 4.79 Å². The number of pyridine rings is 1. The molecular formula is C10H11N2O2. The molecule has 1 fully saturated rings. The second kappa shape index (κ2) is 3.75. The van der Waals surface area contributed by atoms with E-state index in [1.165, 1.54) is 6.20 Å². The second-order valence-electron chi connectivity index (χ2n) is 3.26. The minimum Gasteiger partial charge on any atom is -0.392 e. The quantitative estimate of drug-likeness (QED) is 0.727. The van der Waals surface area contributed by atoms with Gasteiger partial charge in [0.25, 0.3) is 5.91 Å². The molecule has 4 nitrogen and oxygen atoms in total. The Balaban J connectivity index is 2.25. The van der Waals surface area contributed by atoms with Crippen LogP contribution in [0.5, 0.6) is 0 Å². The van der Waals surface area contributed by atoms with E-state index in [1.54, 1.807) is 11.0 Å². The van der Waals surface area contributed by atoms with Crippen molar-refractivity contribution >= 4 is 5.91 Å². The van der Waals surface area contributed by atoms with Crippen LogP contribution in [-0.2, 0) is 6.61 Å². The summed E-state index contributed by atoms with van der Waals surface area (Å²) in [7, 11) is 0. The van der Waals surface area contributed by atoms with Crippen LogP contribution in [0.2, 0.25) is 0 Å². The molecular weight excluding hydrogens is 180 g/mol. The van der Waals surface area contributed by atoms with Crippen molar-refractivity contribution in [2.24, 2.45) is 0 Å². The highest BCUT2D eigenvalue weighted by atomic mass is 16.3. The summed E-state index contributed by atoms with van der Waals surface area (Å²) in [4.78, 5) is 17.3. The van der Waals surface area contributed by atoms with Crippen LogP contribution in [0.4, 0.5) is 0 Å². The Kier molecular flexibility index (Phi) is 2.45. The third kappa shape index (κ3) is 1.48. The summed E-state index contributed by atoms with van der Waals surface area (Å²) in [5.74, 6) is -0.0756. The predicted octanol–water partition coefficient (Wildman–Crippen LogP) is 0.220. The average Bonchev–Trinajstić information content (AvgIpc) is 2.15. The summed E-state index contributed by atoms with van der Waals surface area (Å²) >= 11 is 0. The molecule has 1 N–H and O–H groups in total. The van der Waals surface area contributed by atoms with E-state index in [1.807, 2.05) is 0 Å². The van der Waals surface area contributed by atoms with Gasteiger partial charge in [0.1, 0.15) is 6.20 Å². The highest BCUT2D eigenvalue weighted by Crippen LogP contribution is 2.14. The van der Waals surface area contributed by atoms with Gasteiger partial charge in [-0.15, -0.1) is 0 Å². The molecule has 1 saturated heterocycles. The molecule has 0 unspecified atom stereocenters. The normalized spacial score (nSPS) is 15.1. The third-order valence-corrected chi connectivity index (χ3v) is 2.38. The van der Waals surface area contributed by atoms with Crippen molar-refractivity contribution in [2.45, 2.75) is 13.0 Å². The lowest BCUT2D eigenvalue weighted by atomic mass is 10.1. The van der Waals surface area contributed by atoms with E-state index < -0.39 is 0 Å². The van der Waals surface area contributed by atoms with E-state index in [-0.39, 0.29) is 12.5 Å². The lowest BCUT2D eigenvalue weighted by molar-refractivity contribution is 0.0647. The molecule has 1 aliphatic heterocycles. The van der Waals surface area contributed by atoms with E-state index in [4.69, 9.17) is 5.11 Å². The van der Waals surface area contributed by atoms with Gasteiger partial charge in [-0.05, 0) is 18.1 Å². The fraction of sp³-hybridized carbons (Fsp3) is 0.400. The second-order valence-corrected chi connectivity index (χ2v) is 3.26. The number of amides is 1. The number of hydrogen-bond donors (Lipinski definition) is 1. The van der Waals surface area contributed by atoms with Crippen LogP contribution in [0.3, 0.4) is 0 Å². The smallest absolute Gasteiger partial charge is 0.256 e. The van der Waals surface area contributed by atoms with Gasteiger partial charge >= 0.3 is 0 Å². The zero-order valence-corrected chi connectivity index (χ0v) is 7.73. The lowest BCUT2D eigenvalue weighted by Gasteiger charge is -2.31. The van der Waals surface area contributed by atoms with Gasteiger partial charge in [0.2, 0.25) is 0 Å². The van der Waals surface area contributed by atoms with E-state index in [2.05, 4.69) is 11.2 Å². The highest BCUT2D eigenvalue weighted by molar-refractivity contribution is 5.95. The molecule has 1 aromatic rings. The predicted molar refractivity (Wildman–Crippen MR) is 49.5 cm³/mol. The Morgan fingerprint density at radius 2 is 2.43 bits per heavy atom. The fourth-order valence-electron chi connectivity index (χ4n) is 1.38. The van der Waals surface area contributed by atoms with Gasteiger partial charge in [-0.1, -0.05) is 0 Å². The first-order valence-electron chi connectivity index (χ1n) is 4.58. The largest absolute Gasteiger partial charge is 0.392 e. The van der Waals surface area contributed by atoms with Gasteiger partial charge < -0.3 is 10.0 Å². The number of hydrogen-bond acceptors (Lipinski definition) is 3. The summed E-state index contributed by atoms with van der Waals surface area (Å²) in [6.45, 7) is 1.45. The molecule has 0 aliphatic carbocycles. The standard InChI is InChI=1S/C10H11N2O2/c13-7-8-2-3-11-6-9(8)10(14)12-4-1-5-12/h2-3,13H,1,4-5,7H2. The van der Waals surface area contributed by atoms with E-state index in [0.717, 1.165) is 19.5 Å². The van der Waals surface area contributed by atoms with Gasteiger partial charge in [0.15, 0.2) is 0 Å². The first-order chi connectivity index (χ1) is 6.83. The third-order valence-electron chi connectivity index (χ3n) is 2.38. The minimum absolute atomic E-state index is 0.0756. The zero-order valence-electron chi connectivity index (χ0n) is 7.73. The highest BCUT2D eigenvalue weighted by Gasteiger charge is 2.23. The molecule has 4 heteroatoms. The number of rotatable bonds is 2. The van der Waals surface area contributed by atoms with Crippen LogP contribution in [0, 0.1) is 6.20 Å². The number of likely N-dealkylation sites (tertiary alicyclic amines) is 1. The summed E-state index contributed by atoms with van der Waals surface area (Å²) < 4.78 is 0. The first-order valence-corrected chi connectivity index (χ1v) is 4.58. The SMILES string of the molecule is O=C(c1[c]nccc1CO)N1CCC1. The molecule has 2 heterocycles. The van der Waals surface area contributed by atoms with E-state index >= 15 is 0 Å². The maximum absolute atomic E-state index is 11.8. The molecule has 14 heavy (non-hydrogen) atoms. The number of aromatic nitrogens is 1. The Morgan fingerprint density at radius 3 is 3.00 bits per heavy atom. The molecule has 0 bridgehead atoms. The van der Waals surface area contributed by atoms with Crippen molar-refractivity contribution in [1.82, 2.24) is 9.88 Å². The molecule has 1 amide bonds. The van der Waals surface area contributed by atoms with Gasteiger partial charge in [0, 0.05) is 19.3 Å². The van der Waals surface area contributed by atoms with Gasteiger partial charge in [0.05, 0.1) is 12.2 Å². The molecule has 1 radical (unpaired) electrons. The number of aliphatic hydroxyl groups is 1. The molecule has 0 atom stereocenters. The van der Waals surface area contributed by atoms with Crippen molar-refractivity contribution in [2.75, 3.05) is 13.1 Å². The maximum Gasteiger partial charge on any atom is 0.256 e. The van der Waals surface area contributed by atoms with Gasteiger partial charge in [-0.25, -0.2) is 0 Å². The summed E-state index contributed by atoms with van der Waals surface area (Å²) in [6, 6.07) is 1.64. The monoisotopic (exact) mass is 191 g/mol. The fourth-order valence-corrected chi connectivity index (χ4v) is 1.38. The molecule has 2 rings (SSSR count). The average molecular weight is 191 g/mol. The van der Waals surface area contributed by atoms with Crippen LogP contribution < -0.4 is 0 Å². The Morgan fingerprint density at radius 1 is 1.64 bits per heavy atom. The topological polar surface area (TPSA) is 53.4 Å². The van der Waals surface area contributed by atoms with Crippen molar-refractivity contribution in [3.05, 3.63) is 29.6 Å². The number of nitrogens with zero attached hydrogens (tertiary/aromatic N) is 2. The number of aliphatic hydroxyl groups excluding tert-OH is 1. The Hall–Kier alpha value is -1.42. The van der Waals surface area contributed by atoms with Crippen molar-refractivity contribution < 1.29 is 9.90 Å². The van der Waals surface area contributed by atoms with Gasteiger partial charge in [-0.3, -0.25) is 9.78 Å². The molecule has 0 saturated carbocycles. The van der Waals surface area contributed by atoms with Crippen molar-refractivity contribution in [1.29, 1.82) is 0 Å². The van der Waals surface area contributed by atoms with Crippen molar-refractivity contribution in [3.8, 4) is 0 Å². The Labute approximate surface area is 82.2 Å². The van der Waals surface area contributed by atoms with E-state index in [0.29, 0.717) is 11.1 Å². The molecule has 0 spiro atoms. The first kappa shape index (κ1) is 9.15. The molecule has 1 aromatic heterocycles. The minimum atomic E-state index is -0.145. The van der Waals surface area contributed by atoms with Crippen LogP contribution in [0.15, 0.2) is 12.3 Å². The molecule has 1 aliphatic rings. The van der Waals surface area contributed by atoms with Gasteiger partial charge in [-0.2, -0.15) is 0 Å². The van der Waals surface area contributed by atoms with Crippen LogP contribution >= 0.6 is 0 Å². The lowest BCUT2D eigenvalue weighted by Crippen LogP contribution is -2.42. The zero-order chi connectivity index (χ0) is 9.97. The maximum atomic E-state index is 11.8. The number of carbonyl (C=O) groups excluding carboxylic acids is 1. The van der Waals surface area contributed by atoms with Crippen molar-refractivity contribution in [3.63, 3.8) is 0 Å². The molecule has 0 aromatic carbocycles. The summed E-state index contributed by atoms with van der Waals surface area (Å²) in [6.07, 6.45) is 5.22. The Bertz CT molecular complexity index is 348. The van der Waals surface area contributed by atoms with Crippen LogP contribution in [0.25, 0.3) is 0 Å². The molecule has 73 valence electrons. The van der Waals surface area contributed by atoms with Crippen LogP contribution in [0.1, 0.15) is 22.3 Å². The summed E-state index contributed by atoms with van der Waals surface area (Å²) in [5.41, 5.74) is 0.992. The number of carbonyl (C=O) groups is 1.